The quantitative estimate of drug-likeness (QED) is 0.851. The highest BCUT2D eigenvalue weighted by Gasteiger charge is 2.02. The molecule has 0 aromatic carbocycles. The first-order chi connectivity index (χ1) is 7.31. The normalized spacial score (nSPS) is 10.8. The molecule has 2 rings (SSSR count). The second-order valence-electron chi connectivity index (χ2n) is 3.33. The summed E-state index contributed by atoms with van der Waals surface area (Å²) < 4.78 is 1.83. The molecule has 4 nitrogen and oxygen atoms in total. The zero-order valence-electron chi connectivity index (χ0n) is 8.68. The van der Waals surface area contributed by atoms with Crippen molar-refractivity contribution in [2.24, 2.45) is 5.73 Å². The molecule has 2 aromatic heterocycles. The molecule has 0 saturated carbocycles. The summed E-state index contributed by atoms with van der Waals surface area (Å²) in [6.45, 7) is 3.40. The predicted molar refractivity (Wildman–Crippen MR) is 60.7 cm³/mol. The van der Waals surface area contributed by atoms with Gasteiger partial charge in [0.05, 0.1) is 18.4 Å². The number of thiophene rings is 1. The Labute approximate surface area is 92.7 Å². The van der Waals surface area contributed by atoms with Crippen molar-refractivity contribution in [2.75, 3.05) is 0 Å². The lowest BCUT2D eigenvalue weighted by Crippen LogP contribution is -1.98. The highest BCUT2D eigenvalue weighted by molar-refractivity contribution is 7.11. The molecule has 2 heterocycles. The van der Waals surface area contributed by atoms with Gasteiger partial charge in [0, 0.05) is 16.3 Å². The Kier molecular flexibility index (Phi) is 3.13. The fraction of sp³-hybridized carbons (Fsp3) is 0.400. The standard InChI is InChI=1S/C10H14N4S/c1-2-9-3-4-10(15-9)7-14-6-8(5-11)12-13-14/h3-4,6H,2,5,7,11H2,1H3. The second kappa shape index (κ2) is 4.55. The molecule has 0 saturated heterocycles. The van der Waals surface area contributed by atoms with Gasteiger partial charge >= 0.3 is 0 Å². The minimum Gasteiger partial charge on any atom is -0.325 e. The van der Waals surface area contributed by atoms with Gasteiger partial charge in [0.1, 0.15) is 0 Å². The number of aryl methyl sites for hydroxylation is 1. The zero-order chi connectivity index (χ0) is 10.7. The summed E-state index contributed by atoms with van der Waals surface area (Å²) in [4.78, 5) is 2.71. The van der Waals surface area contributed by atoms with E-state index in [0.717, 1.165) is 18.7 Å². The van der Waals surface area contributed by atoms with Crippen molar-refractivity contribution < 1.29 is 0 Å². The lowest BCUT2D eigenvalue weighted by Gasteiger charge is -1.95. The molecular weight excluding hydrogens is 208 g/mol. The fourth-order valence-corrected chi connectivity index (χ4v) is 2.32. The van der Waals surface area contributed by atoms with E-state index in [-0.39, 0.29) is 0 Å². The van der Waals surface area contributed by atoms with Crippen LogP contribution < -0.4 is 5.73 Å². The first-order valence-electron chi connectivity index (χ1n) is 4.98. The zero-order valence-corrected chi connectivity index (χ0v) is 9.50. The van der Waals surface area contributed by atoms with Crippen LogP contribution in [0.2, 0.25) is 0 Å². The smallest absolute Gasteiger partial charge is 0.0962 e. The number of nitrogens with two attached hydrogens (primary N) is 1. The van der Waals surface area contributed by atoms with Gasteiger partial charge in [-0.3, -0.25) is 0 Å². The topological polar surface area (TPSA) is 56.7 Å². The number of hydrogen-bond acceptors (Lipinski definition) is 4. The molecule has 0 fully saturated rings. The van der Waals surface area contributed by atoms with E-state index in [1.54, 1.807) is 0 Å². The maximum atomic E-state index is 5.47. The molecule has 2 N–H and O–H groups in total. The lowest BCUT2D eigenvalue weighted by atomic mass is 10.3. The number of hydrogen-bond donors (Lipinski definition) is 1. The first kappa shape index (κ1) is 10.3. The lowest BCUT2D eigenvalue weighted by molar-refractivity contribution is 0.655. The van der Waals surface area contributed by atoms with Crippen LogP contribution in [0.15, 0.2) is 18.3 Å². The molecule has 0 atom stereocenters. The largest absolute Gasteiger partial charge is 0.325 e. The Bertz CT molecular complexity index is 392. The van der Waals surface area contributed by atoms with E-state index >= 15 is 0 Å². The third-order valence-electron chi connectivity index (χ3n) is 2.18. The van der Waals surface area contributed by atoms with Gasteiger partial charge < -0.3 is 5.73 Å². The van der Waals surface area contributed by atoms with Gasteiger partial charge in [0.15, 0.2) is 0 Å². The Morgan fingerprint density at radius 3 is 2.80 bits per heavy atom. The van der Waals surface area contributed by atoms with E-state index in [1.165, 1.54) is 9.75 Å². The van der Waals surface area contributed by atoms with Gasteiger partial charge in [-0.2, -0.15) is 0 Å². The molecule has 0 unspecified atom stereocenters. The van der Waals surface area contributed by atoms with Crippen LogP contribution >= 0.6 is 11.3 Å². The van der Waals surface area contributed by atoms with Crippen LogP contribution in [0.5, 0.6) is 0 Å². The minimum absolute atomic E-state index is 0.449. The third-order valence-corrected chi connectivity index (χ3v) is 3.39. The van der Waals surface area contributed by atoms with Crippen LogP contribution in [-0.4, -0.2) is 15.0 Å². The van der Waals surface area contributed by atoms with Crippen LogP contribution in [0.3, 0.4) is 0 Å². The van der Waals surface area contributed by atoms with Gasteiger partial charge in [0.25, 0.3) is 0 Å². The van der Waals surface area contributed by atoms with E-state index in [0.29, 0.717) is 6.54 Å². The molecule has 0 aliphatic heterocycles. The van der Waals surface area contributed by atoms with Crippen LogP contribution in [-0.2, 0) is 19.5 Å². The Balaban J connectivity index is 2.07. The van der Waals surface area contributed by atoms with Crippen molar-refractivity contribution in [3.05, 3.63) is 33.8 Å². The van der Waals surface area contributed by atoms with E-state index in [9.17, 15) is 0 Å². The van der Waals surface area contributed by atoms with Crippen molar-refractivity contribution in [2.45, 2.75) is 26.4 Å². The fourth-order valence-electron chi connectivity index (χ4n) is 1.37. The van der Waals surface area contributed by atoms with E-state index in [1.807, 2.05) is 22.2 Å². The van der Waals surface area contributed by atoms with E-state index in [4.69, 9.17) is 5.73 Å². The Morgan fingerprint density at radius 1 is 1.40 bits per heavy atom. The maximum Gasteiger partial charge on any atom is 0.0962 e. The monoisotopic (exact) mass is 222 g/mol. The highest BCUT2D eigenvalue weighted by Crippen LogP contribution is 2.17. The molecule has 0 bridgehead atoms. The Morgan fingerprint density at radius 2 is 2.20 bits per heavy atom. The van der Waals surface area contributed by atoms with Crippen molar-refractivity contribution >= 4 is 11.3 Å². The first-order valence-corrected chi connectivity index (χ1v) is 5.80. The summed E-state index contributed by atoms with van der Waals surface area (Å²) in [6.07, 6.45) is 2.99. The summed E-state index contributed by atoms with van der Waals surface area (Å²) in [6, 6.07) is 4.31. The molecule has 2 aromatic rings. The average molecular weight is 222 g/mol. The summed E-state index contributed by atoms with van der Waals surface area (Å²) in [7, 11) is 0. The van der Waals surface area contributed by atoms with E-state index < -0.39 is 0 Å². The van der Waals surface area contributed by atoms with Gasteiger partial charge in [-0.1, -0.05) is 12.1 Å². The predicted octanol–water partition coefficient (Wildman–Crippen LogP) is 1.41. The van der Waals surface area contributed by atoms with Crippen LogP contribution in [0.1, 0.15) is 22.4 Å². The van der Waals surface area contributed by atoms with Crippen LogP contribution in [0, 0.1) is 0 Å². The van der Waals surface area contributed by atoms with Crippen molar-refractivity contribution in [1.82, 2.24) is 15.0 Å². The number of nitrogens with zero attached hydrogens (tertiary/aromatic N) is 3. The molecule has 0 radical (unpaired) electrons. The van der Waals surface area contributed by atoms with Crippen LogP contribution in [0.25, 0.3) is 0 Å². The van der Waals surface area contributed by atoms with Crippen LogP contribution in [0.4, 0.5) is 0 Å². The average Bonchev–Trinajstić information content (AvgIpc) is 2.87. The SMILES string of the molecule is CCc1ccc(Cn2cc(CN)nn2)s1. The molecule has 0 spiro atoms. The molecular formula is C10H14N4S. The maximum absolute atomic E-state index is 5.47. The summed E-state index contributed by atoms with van der Waals surface area (Å²) in [5.41, 5.74) is 6.30. The van der Waals surface area contributed by atoms with Crippen molar-refractivity contribution in [3.63, 3.8) is 0 Å². The molecule has 80 valence electrons. The number of rotatable bonds is 4. The van der Waals surface area contributed by atoms with Gasteiger partial charge in [-0.05, 0) is 18.6 Å². The highest BCUT2D eigenvalue weighted by atomic mass is 32.1. The molecule has 15 heavy (non-hydrogen) atoms. The second-order valence-corrected chi connectivity index (χ2v) is 4.59. The third kappa shape index (κ3) is 2.43. The molecule has 5 heteroatoms. The van der Waals surface area contributed by atoms with Gasteiger partial charge in [-0.15, -0.1) is 16.4 Å². The van der Waals surface area contributed by atoms with Gasteiger partial charge in [0.2, 0.25) is 0 Å². The van der Waals surface area contributed by atoms with Crippen molar-refractivity contribution in [1.29, 1.82) is 0 Å². The Hall–Kier alpha value is -1.20. The molecule has 0 aliphatic rings. The molecule has 0 amide bonds. The van der Waals surface area contributed by atoms with Gasteiger partial charge in [-0.25, -0.2) is 4.68 Å². The summed E-state index contributed by atoms with van der Waals surface area (Å²) in [5, 5.41) is 7.96. The van der Waals surface area contributed by atoms with E-state index in [2.05, 4.69) is 29.4 Å². The summed E-state index contributed by atoms with van der Waals surface area (Å²) >= 11 is 1.82. The molecule has 0 aliphatic carbocycles. The number of aromatic nitrogens is 3. The summed E-state index contributed by atoms with van der Waals surface area (Å²) in [5.74, 6) is 0. The minimum atomic E-state index is 0.449. The van der Waals surface area contributed by atoms with Crippen molar-refractivity contribution in [3.8, 4) is 0 Å².